The van der Waals surface area contributed by atoms with Gasteiger partial charge in [0.1, 0.15) is 0 Å². The largest absolute Gasteiger partial charge is 0.381 e. The Labute approximate surface area is 123 Å². The summed E-state index contributed by atoms with van der Waals surface area (Å²) in [7, 11) is 2.22. The zero-order chi connectivity index (χ0) is 14.3. The van der Waals surface area contributed by atoms with Crippen molar-refractivity contribution in [2.24, 2.45) is 5.41 Å². The topological polar surface area (TPSA) is 24.5 Å². The van der Waals surface area contributed by atoms with Gasteiger partial charge in [-0.05, 0) is 32.0 Å². The summed E-state index contributed by atoms with van der Waals surface area (Å²) in [6, 6.07) is 10.7. The van der Waals surface area contributed by atoms with Crippen molar-refractivity contribution in [2.45, 2.75) is 26.3 Å². The lowest BCUT2D eigenvalue weighted by molar-refractivity contribution is -0.0234. The number of rotatable bonds is 7. The zero-order valence-electron chi connectivity index (χ0n) is 12.9. The number of nitrogens with zero attached hydrogens (tertiary/aromatic N) is 1. The third kappa shape index (κ3) is 4.58. The first-order valence-electron chi connectivity index (χ1n) is 7.75. The van der Waals surface area contributed by atoms with Crippen LogP contribution in [0.3, 0.4) is 0 Å². The standard InChI is InChI=1S/C17H28N2O/c1-3-18-13-17(10-7-11-20-15-17)14-19(2)12-16-8-5-4-6-9-16/h4-6,8-9,18H,3,7,10-15H2,1-2H3. The Morgan fingerprint density at radius 3 is 2.75 bits per heavy atom. The van der Waals surface area contributed by atoms with Crippen LogP contribution in [0, 0.1) is 5.41 Å². The highest BCUT2D eigenvalue weighted by Crippen LogP contribution is 2.29. The highest BCUT2D eigenvalue weighted by atomic mass is 16.5. The monoisotopic (exact) mass is 276 g/mol. The van der Waals surface area contributed by atoms with E-state index < -0.39 is 0 Å². The summed E-state index contributed by atoms with van der Waals surface area (Å²) in [4.78, 5) is 2.43. The van der Waals surface area contributed by atoms with E-state index in [0.29, 0.717) is 0 Å². The fourth-order valence-corrected chi connectivity index (χ4v) is 3.14. The molecular weight excluding hydrogens is 248 g/mol. The van der Waals surface area contributed by atoms with E-state index in [1.807, 2.05) is 0 Å². The second-order valence-electron chi connectivity index (χ2n) is 6.09. The first kappa shape index (κ1) is 15.5. The lowest BCUT2D eigenvalue weighted by Gasteiger charge is -2.40. The average molecular weight is 276 g/mol. The fourth-order valence-electron chi connectivity index (χ4n) is 3.14. The number of nitrogens with one attached hydrogen (secondary N) is 1. The highest BCUT2D eigenvalue weighted by molar-refractivity contribution is 5.14. The van der Waals surface area contributed by atoms with Gasteiger partial charge >= 0.3 is 0 Å². The summed E-state index contributed by atoms with van der Waals surface area (Å²) in [6.45, 7) is 8.18. The maximum absolute atomic E-state index is 5.77. The van der Waals surface area contributed by atoms with Crippen LogP contribution in [-0.4, -0.2) is 44.8 Å². The molecule has 1 fully saturated rings. The minimum absolute atomic E-state index is 0.276. The first-order chi connectivity index (χ1) is 9.74. The maximum atomic E-state index is 5.77. The normalized spacial score (nSPS) is 23.1. The molecule has 2 rings (SSSR count). The SMILES string of the molecule is CCNCC1(CN(C)Cc2ccccc2)CCCOC1. The van der Waals surface area contributed by atoms with Crippen molar-refractivity contribution in [2.75, 3.05) is 39.9 Å². The van der Waals surface area contributed by atoms with E-state index in [0.717, 1.165) is 39.4 Å². The van der Waals surface area contributed by atoms with Crippen LogP contribution in [0.25, 0.3) is 0 Å². The van der Waals surface area contributed by atoms with Gasteiger partial charge in [0.25, 0.3) is 0 Å². The smallest absolute Gasteiger partial charge is 0.0546 e. The third-order valence-corrected chi connectivity index (χ3v) is 4.05. The molecule has 1 N–H and O–H groups in total. The van der Waals surface area contributed by atoms with Gasteiger partial charge in [-0.2, -0.15) is 0 Å². The van der Waals surface area contributed by atoms with Crippen molar-refractivity contribution < 1.29 is 4.74 Å². The molecule has 1 aliphatic rings. The summed E-state index contributed by atoms with van der Waals surface area (Å²) in [5.74, 6) is 0. The molecule has 0 bridgehead atoms. The van der Waals surface area contributed by atoms with Gasteiger partial charge in [-0.1, -0.05) is 37.3 Å². The van der Waals surface area contributed by atoms with E-state index in [2.05, 4.69) is 54.5 Å². The third-order valence-electron chi connectivity index (χ3n) is 4.05. The van der Waals surface area contributed by atoms with E-state index in [1.54, 1.807) is 0 Å². The predicted molar refractivity (Wildman–Crippen MR) is 83.8 cm³/mol. The van der Waals surface area contributed by atoms with Gasteiger partial charge < -0.3 is 15.0 Å². The van der Waals surface area contributed by atoms with Crippen molar-refractivity contribution in [3.63, 3.8) is 0 Å². The summed E-state index contributed by atoms with van der Waals surface area (Å²) in [5, 5.41) is 3.52. The van der Waals surface area contributed by atoms with E-state index >= 15 is 0 Å². The lowest BCUT2D eigenvalue weighted by atomic mass is 9.81. The lowest BCUT2D eigenvalue weighted by Crippen LogP contribution is -2.48. The molecule has 3 nitrogen and oxygen atoms in total. The van der Waals surface area contributed by atoms with Crippen molar-refractivity contribution in [3.8, 4) is 0 Å². The quantitative estimate of drug-likeness (QED) is 0.828. The Morgan fingerprint density at radius 2 is 2.10 bits per heavy atom. The summed E-state index contributed by atoms with van der Waals surface area (Å²) < 4.78 is 5.77. The molecule has 1 aliphatic heterocycles. The van der Waals surface area contributed by atoms with Crippen LogP contribution in [0.5, 0.6) is 0 Å². The minimum Gasteiger partial charge on any atom is -0.381 e. The van der Waals surface area contributed by atoms with E-state index in [4.69, 9.17) is 4.74 Å². The molecule has 1 atom stereocenters. The molecule has 112 valence electrons. The Bertz CT molecular complexity index is 374. The molecule has 1 aromatic carbocycles. The molecule has 1 saturated heterocycles. The van der Waals surface area contributed by atoms with Crippen LogP contribution >= 0.6 is 0 Å². The molecule has 0 radical (unpaired) electrons. The molecule has 1 unspecified atom stereocenters. The van der Waals surface area contributed by atoms with Crippen LogP contribution in [0.1, 0.15) is 25.3 Å². The number of ether oxygens (including phenoxy) is 1. The minimum atomic E-state index is 0.276. The van der Waals surface area contributed by atoms with Crippen molar-refractivity contribution >= 4 is 0 Å². The summed E-state index contributed by atoms with van der Waals surface area (Å²) >= 11 is 0. The van der Waals surface area contributed by atoms with Crippen LogP contribution in [0.15, 0.2) is 30.3 Å². The Morgan fingerprint density at radius 1 is 1.30 bits per heavy atom. The van der Waals surface area contributed by atoms with Crippen LogP contribution in [0.2, 0.25) is 0 Å². The highest BCUT2D eigenvalue weighted by Gasteiger charge is 2.33. The second kappa shape index (κ2) is 7.77. The first-order valence-corrected chi connectivity index (χ1v) is 7.75. The number of hydrogen-bond donors (Lipinski definition) is 1. The molecule has 0 aromatic heterocycles. The molecule has 0 aliphatic carbocycles. The van der Waals surface area contributed by atoms with Gasteiger partial charge in [0.05, 0.1) is 6.61 Å². The van der Waals surface area contributed by atoms with Crippen molar-refractivity contribution in [3.05, 3.63) is 35.9 Å². The Hall–Kier alpha value is -0.900. The van der Waals surface area contributed by atoms with Crippen molar-refractivity contribution in [1.82, 2.24) is 10.2 Å². The van der Waals surface area contributed by atoms with Crippen molar-refractivity contribution in [1.29, 1.82) is 0 Å². The summed E-state index contributed by atoms with van der Waals surface area (Å²) in [5.41, 5.74) is 1.66. The zero-order valence-corrected chi connectivity index (χ0v) is 12.9. The van der Waals surface area contributed by atoms with E-state index in [9.17, 15) is 0 Å². The number of hydrogen-bond acceptors (Lipinski definition) is 3. The number of benzene rings is 1. The molecule has 3 heteroatoms. The summed E-state index contributed by atoms with van der Waals surface area (Å²) in [6.07, 6.45) is 2.45. The van der Waals surface area contributed by atoms with Crippen LogP contribution in [-0.2, 0) is 11.3 Å². The van der Waals surface area contributed by atoms with Crippen LogP contribution in [0.4, 0.5) is 0 Å². The maximum Gasteiger partial charge on any atom is 0.0546 e. The molecular formula is C17H28N2O. The van der Waals surface area contributed by atoms with Gasteiger partial charge in [-0.15, -0.1) is 0 Å². The van der Waals surface area contributed by atoms with Gasteiger partial charge in [0.15, 0.2) is 0 Å². The average Bonchev–Trinajstić information content (AvgIpc) is 2.47. The Kier molecular flexibility index (Phi) is 6.02. The predicted octanol–water partition coefficient (Wildman–Crippen LogP) is 2.52. The van der Waals surface area contributed by atoms with Crippen LogP contribution < -0.4 is 5.32 Å². The molecule has 0 saturated carbocycles. The molecule has 1 aromatic rings. The fraction of sp³-hybridized carbons (Fsp3) is 0.647. The van der Waals surface area contributed by atoms with Gasteiger partial charge in [-0.25, -0.2) is 0 Å². The van der Waals surface area contributed by atoms with Gasteiger partial charge in [0, 0.05) is 31.7 Å². The molecule has 20 heavy (non-hydrogen) atoms. The van der Waals surface area contributed by atoms with E-state index in [1.165, 1.54) is 18.4 Å². The molecule has 1 heterocycles. The second-order valence-corrected chi connectivity index (χ2v) is 6.09. The molecule has 0 amide bonds. The molecule has 0 spiro atoms. The van der Waals surface area contributed by atoms with Gasteiger partial charge in [-0.3, -0.25) is 0 Å². The van der Waals surface area contributed by atoms with E-state index in [-0.39, 0.29) is 5.41 Å². The van der Waals surface area contributed by atoms with Gasteiger partial charge in [0.2, 0.25) is 0 Å². The Balaban J connectivity index is 1.92.